The van der Waals surface area contributed by atoms with Gasteiger partial charge >= 0.3 is 0 Å². The first-order valence-electron chi connectivity index (χ1n) is 8.07. The number of aromatic nitrogens is 1. The first-order chi connectivity index (χ1) is 11.8. The minimum Gasteiger partial charge on any atom is -0.356 e. The summed E-state index contributed by atoms with van der Waals surface area (Å²) in [6, 6.07) is 8.68. The van der Waals surface area contributed by atoms with E-state index >= 15 is 0 Å². The largest absolute Gasteiger partial charge is 0.356 e. The third-order valence-corrected chi connectivity index (χ3v) is 4.21. The fourth-order valence-corrected chi connectivity index (χ4v) is 2.52. The van der Waals surface area contributed by atoms with Gasteiger partial charge in [-0.2, -0.15) is 8.42 Å². The molecule has 2 rings (SSSR count). The number of halogens is 1. The van der Waals surface area contributed by atoms with Gasteiger partial charge in [0.2, 0.25) is 0 Å². The first-order valence-corrected chi connectivity index (χ1v) is 10.3. The predicted octanol–water partition coefficient (Wildman–Crippen LogP) is 3.82. The van der Waals surface area contributed by atoms with E-state index < -0.39 is 10.1 Å². The Morgan fingerprint density at radius 3 is 2.28 bits per heavy atom. The van der Waals surface area contributed by atoms with Crippen LogP contribution in [0.2, 0.25) is 5.02 Å². The topological polar surface area (TPSA) is 72.6 Å². The monoisotopic (exact) mass is 388 g/mol. The zero-order valence-corrected chi connectivity index (χ0v) is 16.6. The van der Waals surface area contributed by atoms with Crippen molar-refractivity contribution in [2.24, 2.45) is 0 Å². The van der Waals surface area contributed by atoms with E-state index in [0.29, 0.717) is 16.5 Å². The smallest absolute Gasteiger partial charge is 0.264 e. The number of hydrogen-bond donors (Lipinski definition) is 0. The summed E-state index contributed by atoms with van der Waals surface area (Å²) in [6.45, 7) is 9.98. The highest BCUT2D eigenvalue weighted by Crippen LogP contribution is 2.23. The van der Waals surface area contributed by atoms with Gasteiger partial charge < -0.3 is 9.42 Å². The summed E-state index contributed by atoms with van der Waals surface area (Å²) in [6.07, 6.45) is 0.977. The molecule has 1 heterocycles. The highest BCUT2D eigenvalue weighted by atomic mass is 35.5. The maximum absolute atomic E-state index is 10.8. The lowest BCUT2D eigenvalue weighted by atomic mass is 10.2. The number of rotatable bonds is 7. The summed E-state index contributed by atoms with van der Waals surface area (Å²) in [5.74, 6) is 0.504. The summed E-state index contributed by atoms with van der Waals surface area (Å²) in [7, 11) is -3.49. The van der Waals surface area contributed by atoms with Crippen molar-refractivity contribution in [2.45, 2.75) is 27.4 Å². The van der Waals surface area contributed by atoms with Crippen molar-refractivity contribution in [1.82, 2.24) is 10.1 Å². The van der Waals surface area contributed by atoms with E-state index in [0.717, 1.165) is 11.8 Å². The molecule has 2 aromatic rings. The minimum absolute atomic E-state index is 0.150. The molecule has 25 heavy (non-hydrogen) atoms. The lowest BCUT2D eigenvalue weighted by molar-refractivity contribution is 0.296. The van der Waals surface area contributed by atoms with Crippen molar-refractivity contribution >= 4 is 21.7 Å². The van der Waals surface area contributed by atoms with E-state index in [1.165, 1.54) is 19.6 Å². The molecule has 0 fully saturated rings. The van der Waals surface area contributed by atoms with Crippen LogP contribution in [-0.2, 0) is 20.9 Å². The average Bonchev–Trinajstić information content (AvgIpc) is 3.04. The van der Waals surface area contributed by atoms with Crippen LogP contribution in [0, 0.1) is 0 Å². The lowest BCUT2D eigenvalue weighted by Gasteiger charge is -2.13. The molecule has 0 bridgehead atoms. The molecule has 0 saturated heterocycles. The first kappa shape index (κ1) is 21.6. The van der Waals surface area contributed by atoms with Crippen LogP contribution in [-0.4, -0.2) is 44.4 Å². The SMILES string of the molecule is CCN(CC)CC.CS(=O)(=O)OCc1cc(-c2cccc(Cl)c2)on1. The predicted molar refractivity (Wildman–Crippen MR) is 100 cm³/mol. The summed E-state index contributed by atoms with van der Waals surface area (Å²) in [4.78, 5) is 2.38. The van der Waals surface area contributed by atoms with E-state index in [-0.39, 0.29) is 6.61 Å². The van der Waals surface area contributed by atoms with E-state index in [4.69, 9.17) is 16.1 Å². The van der Waals surface area contributed by atoms with Gasteiger partial charge in [-0.15, -0.1) is 0 Å². The molecule has 0 aliphatic heterocycles. The van der Waals surface area contributed by atoms with Crippen LogP contribution in [0.4, 0.5) is 0 Å². The Bertz CT molecular complexity index is 737. The molecule has 8 heteroatoms. The summed E-state index contributed by atoms with van der Waals surface area (Å²) in [5, 5.41) is 4.30. The second kappa shape index (κ2) is 10.6. The van der Waals surface area contributed by atoms with Gasteiger partial charge in [0.1, 0.15) is 12.3 Å². The van der Waals surface area contributed by atoms with Crippen molar-refractivity contribution in [3.63, 3.8) is 0 Å². The quantitative estimate of drug-likeness (QED) is 0.671. The minimum atomic E-state index is -3.49. The third-order valence-electron chi connectivity index (χ3n) is 3.43. The zero-order chi connectivity index (χ0) is 18.9. The van der Waals surface area contributed by atoms with Gasteiger partial charge in [-0.3, -0.25) is 4.18 Å². The number of hydrogen-bond acceptors (Lipinski definition) is 6. The molecule has 0 aliphatic rings. The van der Waals surface area contributed by atoms with Crippen LogP contribution in [0.5, 0.6) is 0 Å². The normalized spacial score (nSPS) is 11.3. The van der Waals surface area contributed by atoms with Crippen molar-refractivity contribution in [1.29, 1.82) is 0 Å². The molecular formula is C17H25ClN2O4S. The second-order valence-corrected chi connectivity index (χ2v) is 7.36. The van der Waals surface area contributed by atoms with Crippen molar-refractivity contribution < 1.29 is 17.1 Å². The van der Waals surface area contributed by atoms with Gasteiger partial charge in [0.05, 0.1) is 6.26 Å². The van der Waals surface area contributed by atoms with Crippen molar-refractivity contribution in [3.8, 4) is 11.3 Å². The van der Waals surface area contributed by atoms with Gasteiger partial charge in [0, 0.05) is 16.7 Å². The molecule has 0 N–H and O–H groups in total. The van der Waals surface area contributed by atoms with E-state index in [1.807, 2.05) is 6.07 Å². The van der Waals surface area contributed by atoms with E-state index in [2.05, 4.69) is 35.0 Å². The molecule has 0 atom stereocenters. The Balaban J connectivity index is 0.000000381. The molecule has 1 aromatic carbocycles. The van der Waals surface area contributed by atoms with Crippen LogP contribution in [0.1, 0.15) is 26.5 Å². The van der Waals surface area contributed by atoms with E-state index in [9.17, 15) is 8.42 Å². The Kier molecular flexibility index (Phi) is 9.13. The zero-order valence-electron chi connectivity index (χ0n) is 15.0. The molecule has 0 aliphatic carbocycles. The van der Waals surface area contributed by atoms with Gasteiger partial charge in [-0.05, 0) is 31.8 Å². The van der Waals surface area contributed by atoms with Crippen LogP contribution < -0.4 is 0 Å². The Labute approximate surface area is 154 Å². The molecule has 0 unspecified atom stereocenters. The number of nitrogens with zero attached hydrogens (tertiary/aromatic N) is 2. The van der Waals surface area contributed by atoms with Crippen LogP contribution in [0.3, 0.4) is 0 Å². The Morgan fingerprint density at radius 2 is 1.80 bits per heavy atom. The van der Waals surface area contributed by atoms with Gasteiger partial charge in [-0.1, -0.05) is 49.7 Å². The highest BCUT2D eigenvalue weighted by molar-refractivity contribution is 7.85. The highest BCUT2D eigenvalue weighted by Gasteiger charge is 2.09. The summed E-state index contributed by atoms with van der Waals surface area (Å²) >= 11 is 5.86. The van der Waals surface area contributed by atoms with Gasteiger partial charge in [0.25, 0.3) is 10.1 Å². The summed E-state index contributed by atoms with van der Waals surface area (Å²) in [5.41, 5.74) is 1.16. The third kappa shape index (κ3) is 8.49. The maximum atomic E-state index is 10.8. The van der Waals surface area contributed by atoms with Crippen molar-refractivity contribution in [3.05, 3.63) is 41.0 Å². The fourth-order valence-electron chi connectivity index (χ4n) is 2.00. The van der Waals surface area contributed by atoms with Crippen LogP contribution in [0.15, 0.2) is 34.9 Å². The molecule has 0 radical (unpaired) electrons. The molecular weight excluding hydrogens is 364 g/mol. The molecule has 1 aromatic heterocycles. The lowest BCUT2D eigenvalue weighted by Crippen LogP contribution is -2.21. The molecule has 0 spiro atoms. The van der Waals surface area contributed by atoms with Gasteiger partial charge in [0.15, 0.2) is 5.76 Å². The van der Waals surface area contributed by atoms with Crippen LogP contribution in [0.25, 0.3) is 11.3 Å². The fraction of sp³-hybridized carbons (Fsp3) is 0.471. The molecule has 0 saturated carbocycles. The standard InChI is InChI=1S/C11H10ClNO4S.C6H15N/c1-18(14,15)16-7-10-6-11(17-13-10)8-3-2-4-9(12)5-8;1-4-7(5-2)6-3/h2-6H,7H2,1H3;4-6H2,1-3H3. The Morgan fingerprint density at radius 1 is 1.16 bits per heavy atom. The van der Waals surface area contributed by atoms with Crippen LogP contribution >= 0.6 is 11.6 Å². The average molecular weight is 389 g/mol. The maximum Gasteiger partial charge on any atom is 0.264 e. The molecule has 140 valence electrons. The van der Waals surface area contributed by atoms with Crippen molar-refractivity contribution in [2.75, 3.05) is 25.9 Å². The van der Waals surface area contributed by atoms with E-state index in [1.54, 1.807) is 24.3 Å². The molecule has 0 amide bonds. The summed E-state index contributed by atoms with van der Waals surface area (Å²) < 4.78 is 31.4. The second-order valence-electron chi connectivity index (χ2n) is 5.28. The Hall–Kier alpha value is -1.41. The number of benzene rings is 1. The van der Waals surface area contributed by atoms with Gasteiger partial charge in [-0.25, -0.2) is 0 Å². The molecule has 6 nitrogen and oxygen atoms in total.